The average molecular weight is 377 g/mol. The van der Waals surface area contributed by atoms with Gasteiger partial charge in [-0.3, -0.25) is 4.79 Å². The number of anilines is 1. The summed E-state index contributed by atoms with van der Waals surface area (Å²) in [6, 6.07) is 12.7. The summed E-state index contributed by atoms with van der Waals surface area (Å²) >= 11 is 2.45. The molecule has 0 saturated carbocycles. The van der Waals surface area contributed by atoms with E-state index in [0.29, 0.717) is 16.0 Å². The van der Waals surface area contributed by atoms with E-state index in [1.807, 2.05) is 30.3 Å². The zero-order valence-corrected chi connectivity index (χ0v) is 14.5. The average Bonchev–Trinajstić information content (AvgIpc) is 3.09. The fourth-order valence-electron chi connectivity index (χ4n) is 2.03. The van der Waals surface area contributed by atoms with Gasteiger partial charge >= 0.3 is 0 Å². The van der Waals surface area contributed by atoms with Crippen LogP contribution in [0.3, 0.4) is 0 Å². The number of aromatic nitrogens is 2. The molecule has 0 aliphatic rings. The summed E-state index contributed by atoms with van der Waals surface area (Å²) in [6.07, 6.45) is 0. The lowest BCUT2D eigenvalue weighted by Crippen LogP contribution is -2.05. The molecule has 0 amide bonds. The van der Waals surface area contributed by atoms with E-state index < -0.39 is 17.4 Å². The number of carbonyl (C=O) groups excluding carboxylic acids is 1. The number of hydrogen-bond donors (Lipinski definition) is 1. The number of carbonyl (C=O) groups is 1. The number of benzene rings is 2. The molecule has 1 heterocycles. The normalized spacial score (nSPS) is 10.6. The standard InChI is InChI=1S/C17H13F2N3OS2/c18-12-6-7-14(19)13(8-12)15(23)10-24-17-22-21-16(25-17)20-9-11-4-2-1-3-5-11/h1-8H,9-10H2,(H,20,21). The van der Waals surface area contributed by atoms with E-state index in [9.17, 15) is 13.6 Å². The Bertz CT molecular complexity index is 871. The molecule has 8 heteroatoms. The van der Waals surface area contributed by atoms with Crippen LogP contribution in [0.2, 0.25) is 0 Å². The maximum Gasteiger partial charge on any atom is 0.206 e. The lowest BCUT2D eigenvalue weighted by atomic mass is 10.1. The summed E-state index contributed by atoms with van der Waals surface area (Å²) in [4.78, 5) is 12.0. The molecule has 0 bridgehead atoms. The first-order valence-electron chi connectivity index (χ1n) is 7.34. The van der Waals surface area contributed by atoms with Gasteiger partial charge in [0.2, 0.25) is 5.13 Å². The highest BCUT2D eigenvalue weighted by atomic mass is 32.2. The monoisotopic (exact) mass is 377 g/mol. The molecule has 0 atom stereocenters. The zero-order valence-electron chi connectivity index (χ0n) is 12.9. The molecule has 0 fully saturated rings. The van der Waals surface area contributed by atoms with Crippen LogP contribution in [0.1, 0.15) is 15.9 Å². The molecule has 1 aromatic heterocycles. The van der Waals surface area contributed by atoms with Gasteiger partial charge in [0.15, 0.2) is 10.1 Å². The fourth-order valence-corrected chi connectivity index (χ4v) is 3.66. The molecule has 25 heavy (non-hydrogen) atoms. The second-order valence-corrected chi connectivity index (χ2v) is 7.25. The molecule has 0 unspecified atom stereocenters. The number of ketones is 1. The van der Waals surface area contributed by atoms with Crippen molar-refractivity contribution in [3.05, 3.63) is 71.3 Å². The van der Waals surface area contributed by atoms with Crippen LogP contribution in [0.15, 0.2) is 52.9 Å². The van der Waals surface area contributed by atoms with E-state index in [1.54, 1.807) is 0 Å². The van der Waals surface area contributed by atoms with Gasteiger partial charge in [-0.25, -0.2) is 8.78 Å². The summed E-state index contributed by atoms with van der Waals surface area (Å²) in [6.45, 7) is 0.619. The van der Waals surface area contributed by atoms with Crippen molar-refractivity contribution >= 4 is 34.0 Å². The second kappa shape index (κ2) is 8.17. The molecule has 0 radical (unpaired) electrons. The van der Waals surface area contributed by atoms with E-state index in [2.05, 4.69) is 15.5 Å². The number of nitrogens with one attached hydrogen (secondary N) is 1. The number of Topliss-reactive ketones (excluding diaryl/α,β-unsaturated/α-hetero) is 1. The van der Waals surface area contributed by atoms with Crippen LogP contribution in [0, 0.1) is 11.6 Å². The van der Waals surface area contributed by atoms with Crippen LogP contribution < -0.4 is 5.32 Å². The van der Waals surface area contributed by atoms with E-state index >= 15 is 0 Å². The van der Waals surface area contributed by atoms with Crippen molar-refractivity contribution in [1.29, 1.82) is 0 Å². The first kappa shape index (κ1) is 17.5. The Morgan fingerprint density at radius 2 is 1.92 bits per heavy atom. The Morgan fingerprint density at radius 1 is 1.12 bits per heavy atom. The topological polar surface area (TPSA) is 54.9 Å². The number of thioether (sulfide) groups is 1. The predicted octanol–water partition coefficient (Wildman–Crippen LogP) is 4.40. The van der Waals surface area contributed by atoms with Gasteiger partial charge in [0, 0.05) is 6.54 Å². The molecule has 0 aliphatic carbocycles. The quantitative estimate of drug-likeness (QED) is 0.488. The Labute approximate surface area is 151 Å². The number of hydrogen-bond acceptors (Lipinski definition) is 6. The Morgan fingerprint density at radius 3 is 2.72 bits per heavy atom. The largest absolute Gasteiger partial charge is 0.356 e. The SMILES string of the molecule is O=C(CSc1nnc(NCc2ccccc2)s1)c1cc(F)ccc1F. The maximum atomic E-state index is 13.6. The minimum atomic E-state index is -0.727. The highest BCUT2D eigenvalue weighted by Gasteiger charge is 2.14. The van der Waals surface area contributed by atoms with Crippen molar-refractivity contribution < 1.29 is 13.6 Å². The van der Waals surface area contributed by atoms with Crippen LogP contribution >= 0.6 is 23.1 Å². The smallest absolute Gasteiger partial charge is 0.206 e. The molecule has 4 nitrogen and oxygen atoms in total. The van der Waals surface area contributed by atoms with Crippen LogP contribution in [0.25, 0.3) is 0 Å². The Kier molecular flexibility index (Phi) is 5.72. The number of halogens is 2. The van der Waals surface area contributed by atoms with Gasteiger partial charge in [0.1, 0.15) is 11.6 Å². The summed E-state index contributed by atoms with van der Waals surface area (Å²) in [5, 5.41) is 11.8. The molecule has 0 spiro atoms. The Balaban J connectivity index is 1.54. The molecule has 1 N–H and O–H groups in total. The lowest BCUT2D eigenvalue weighted by Gasteiger charge is -2.01. The molecular formula is C17H13F2N3OS2. The van der Waals surface area contributed by atoms with Gasteiger partial charge in [-0.05, 0) is 23.8 Å². The van der Waals surface area contributed by atoms with E-state index in [1.165, 1.54) is 11.3 Å². The second-order valence-electron chi connectivity index (χ2n) is 5.05. The summed E-state index contributed by atoms with van der Waals surface area (Å²) < 4.78 is 27.3. The van der Waals surface area contributed by atoms with E-state index in [-0.39, 0.29) is 11.3 Å². The van der Waals surface area contributed by atoms with E-state index in [0.717, 1.165) is 35.5 Å². The lowest BCUT2D eigenvalue weighted by molar-refractivity contribution is 0.101. The maximum absolute atomic E-state index is 13.6. The summed E-state index contributed by atoms with van der Waals surface area (Å²) in [7, 11) is 0. The highest BCUT2D eigenvalue weighted by Crippen LogP contribution is 2.26. The fraction of sp³-hybridized carbons (Fsp3) is 0.118. The van der Waals surface area contributed by atoms with Crippen molar-refractivity contribution in [1.82, 2.24) is 10.2 Å². The van der Waals surface area contributed by atoms with Gasteiger partial charge < -0.3 is 5.32 Å². The van der Waals surface area contributed by atoms with Gasteiger partial charge in [0.25, 0.3) is 0 Å². The van der Waals surface area contributed by atoms with Crippen LogP contribution in [-0.2, 0) is 6.54 Å². The van der Waals surface area contributed by atoms with Crippen molar-refractivity contribution in [2.75, 3.05) is 11.1 Å². The van der Waals surface area contributed by atoms with Crippen LogP contribution in [-0.4, -0.2) is 21.7 Å². The van der Waals surface area contributed by atoms with Crippen molar-refractivity contribution in [2.24, 2.45) is 0 Å². The minimum absolute atomic E-state index is 0.0340. The molecule has 2 aromatic carbocycles. The van der Waals surface area contributed by atoms with Gasteiger partial charge in [0.05, 0.1) is 11.3 Å². The third-order valence-electron chi connectivity index (χ3n) is 3.25. The van der Waals surface area contributed by atoms with Crippen LogP contribution in [0.4, 0.5) is 13.9 Å². The summed E-state index contributed by atoms with van der Waals surface area (Å²) in [5.41, 5.74) is 0.864. The highest BCUT2D eigenvalue weighted by molar-refractivity contribution is 8.01. The third kappa shape index (κ3) is 4.83. The zero-order chi connectivity index (χ0) is 17.6. The minimum Gasteiger partial charge on any atom is -0.356 e. The Hall–Kier alpha value is -2.32. The molecule has 0 saturated heterocycles. The van der Waals surface area contributed by atoms with E-state index in [4.69, 9.17) is 0 Å². The number of nitrogens with zero attached hydrogens (tertiary/aromatic N) is 2. The van der Waals surface area contributed by atoms with Crippen molar-refractivity contribution in [3.63, 3.8) is 0 Å². The molecule has 128 valence electrons. The van der Waals surface area contributed by atoms with Crippen molar-refractivity contribution in [3.8, 4) is 0 Å². The van der Waals surface area contributed by atoms with Gasteiger partial charge in [-0.1, -0.05) is 53.4 Å². The van der Waals surface area contributed by atoms with Gasteiger partial charge in [-0.15, -0.1) is 10.2 Å². The third-order valence-corrected chi connectivity index (χ3v) is 5.26. The molecule has 3 aromatic rings. The van der Waals surface area contributed by atoms with Crippen LogP contribution in [0.5, 0.6) is 0 Å². The van der Waals surface area contributed by atoms with Gasteiger partial charge in [-0.2, -0.15) is 0 Å². The summed E-state index contributed by atoms with van der Waals surface area (Å²) in [5.74, 6) is -1.89. The number of rotatable bonds is 7. The molecule has 3 rings (SSSR count). The predicted molar refractivity (Wildman–Crippen MR) is 95.1 cm³/mol. The first-order chi connectivity index (χ1) is 12.1. The molecular weight excluding hydrogens is 364 g/mol. The van der Waals surface area contributed by atoms with Crippen molar-refractivity contribution in [2.45, 2.75) is 10.9 Å². The molecule has 0 aliphatic heterocycles. The first-order valence-corrected chi connectivity index (χ1v) is 9.14.